The number of piperidine rings is 1. The minimum absolute atomic E-state index is 0.0493. The molecular formula is C30H35F6N7O3S. The quantitative estimate of drug-likeness (QED) is 0.165. The van der Waals surface area contributed by atoms with E-state index < -0.39 is 43.8 Å². The van der Waals surface area contributed by atoms with E-state index in [0.29, 0.717) is 28.6 Å². The van der Waals surface area contributed by atoms with Crippen LogP contribution < -0.4 is 15.4 Å². The van der Waals surface area contributed by atoms with Crippen molar-refractivity contribution >= 4 is 33.0 Å². The first kappa shape index (κ1) is 34.5. The number of carbonyl (C=O) groups is 1. The van der Waals surface area contributed by atoms with Gasteiger partial charge in [-0.2, -0.15) is 18.2 Å². The number of fused-ring (bicyclic) bond motifs is 1. The number of nitrogens with one attached hydrogen (secondary N) is 2. The zero-order valence-electron chi connectivity index (χ0n) is 26.1. The molecule has 1 aromatic carbocycles. The molecule has 4 aromatic rings. The molecule has 1 saturated heterocycles. The fraction of sp³-hybridized carbons (Fsp3) is 0.533. The van der Waals surface area contributed by atoms with Gasteiger partial charge in [0.15, 0.2) is 6.61 Å². The van der Waals surface area contributed by atoms with Gasteiger partial charge in [-0.05, 0) is 43.3 Å². The van der Waals surface area contributed by atoms with E-state index in [4.69, 9.17) is 9.26 Å². The number of alkyl halides is 6. The normalized spacial score (nSPS) is 20.7. The van der Waals surface area contributed by atoms with Gasteiger partial charge in [-0.1, -0.05) is 31.1 Å². The van der Waals surface area contributed by atoms with Crippen LogP contribution in [0.4, 0.5) is 32.0 Å². The monoisotopic (exact) mass is 687 g/mol. The summed E-state index contributed by atoms with van der Waals surface area (Å²) in [6.07, 6.45) is -6.51. The van der Waals surface area contributed by atoms with Crippen molar-refractivity contribution in [3.8, 4) is 16.6 Å². The van der Waals surface area contributed by atoms with E-state index in [-0.39, 0.29) is 52.2 Å². The Morgan fingerprint density at radius 2 is 1.98 bits per heavy atom. The van der Waals surface area contributed by atoms with Gasteiger partial charge in [-0.3, -0.25) is 14.4 Å². The minimum atomic E-state index is -4.55. The van der Waals surface area contributed by atoms with Crippen LogP contribution in [0.2, 0.25) is 0 Å². The number of hydrogen-bond acceptors (Lipinski definition) is 9. The van der Waals surface area contributed by atoms with Crippen molar-refractivity contribution in [3.63, 3.8) is 0 Å². The van der Waals surface area contributed by atoms with E-state index in [1.807, 2.05) is 20.9 Å². The molecule has 1 fully saturated rings. The number of carbonyl (C=O) groups excluding carboxylic acids is 1. The van der Waals surface area contributed by atoms with Crippen LogP contribution in [0.5, 0.6) is 5.88 Å². The SMILES string of the molecule is CCC1CC(Nc2cccc3c(CC(F)(F)F)c(-c4noc(CNC(=O)c5cn(C)nc5OCC(F)F)n4)sc23)C(F)C(CC)N1C. The van der Waals surface area contributed by atoms with Gasteiger partial charge in [0.2, 0.25) is 17.6 Å². The number of likely N-dealkylation sites (tertiary alicyclic amines) is 1. The molecule has 0 radical (unpaired) electrons. The summed E-state index contributed by atoms with van der Waals surface area (Å²) >= 11 is 1.04. The first-order valence-corrected chi connectivity index (χ1v) is 15.9. The van der Waals surface area contributed by atoms with E-state index in [1.54, 1.807) is 18.2 Å². The number of rotatable bonds is 12. The Balaban J connectivity index is 1.41. The van der Waals surface area contributed by atoms with Gasteiger partial charge < -0.3 is 19.9 Å². The van der Waals surface area contributed by atoms with Crippen molar-refractivity contribution < 1.29 is 40.4 Å². The summed E-state index contributed by atoms with van der Waals surface area (Å²) in [5, 5.41) is 13.9. The van der Waals surface area contributed by atoms with Crippen LogP contribution in [-0.4, -0.2) is 81.3 Å². The molecule has 1 aliphatic heterocycles. The highest BCUT2D eigenvalue weighted by Gasteiger charge is 2.40. The third kappa shape index (κ3) is 7.66. The maximum atomic E-state index is 15.7. The van der Waals surface area contributed by atoms with Gasteiger partial charge in [-0.25, -0.2) is 13.2 Å². The average Bonchev–Trinajstić information content (AvgIpc) is 3.73. The zero-order valence-corrected chi connectivity index (χ0v) is 26.9. The number of anilines is 1. The van der Waals surface area contributed by atoms with Gasteiger partial charge in [-0.15, -0.1) is 16.4 Å². The highest BCUT2D eigenvalue weighted by Crippen LogP contribution is 2.44. The summed E-state index contributed by atoms with van der Waals surface area (Å²) in [5.74, 6) is -1.24. The summed E-state index contributed by atoms with van der Waals surface area (Å²) in [7, 11) is 3.40. The van der Waals surface area contributed by atoms with E-state index >= 15 is 4.39 Å². The molecule has 2 N–H and O–H groups in total. The Morgan fingerprint density at radius 3 is 2.66 bits per heavy atom. The molecule has 1 aliphatic rings. The predicted molar refractivity (Wildman–Crippen MR) is 164 cm³/mol. The second kappa shape index (κ2) is 14.1. The fourth-order valence-electron chi connectivity index (χ4n) is 6.04. The molecule has 256 valence electrons. The summed E-state index contributed by atoms with van der Waals surface area (Å²) in [6, 6.07) is 4.25. The third-order valence-corrected chi connectivity index (χ3v) is 9.54. The molecule has 3 aromatic heterocycles. The van der Waals surface area contributed by atoms with Crippen LogP contribution >= 0.6 is 11.3 Å². The summed E-state index contributed by atoms with van der Waals surface area (Å²) in [6.45, 7) is 2.71. The number of nitrogens with zero attached hydrogens (tertiary/aromatic N) is 5. The molecule has 17 heteroatoms. The standard InChI is InChI=1S/C30H35F6N7O3S/c1-5-15-10-20(24(33)21(6-2)43(15)4)38-19-9-7-8-16-17(11-30(34,35)36)26(47-25(16)19)27-39-23(46-41-27)12-37-28(44)18-13-42(3)40-29(18)45-14-22(31)32/h7-9,13,15,20-22,24,38H,5-6,10-12,14H2,1-4H3,(H,37,44). The zero-order chi connectivity index (χ0) is 34.0. The summed E-state index contributed by atoms with van der Waals surface area (Å²) in [4.78, 5) is 19.2. The van der Waals surface area contributed by atoms with Gasteiger partial charge in [0.25, 0.3) is 12.3 Å². The van der Waals surface area contributed by atoms with Crippen LogP contribution in [0, 0.1) is 0 Å². The smallest absolute Gasteiger partial charge is 0.393 e. The Labute approximate surface area is 270 Å². The molecule has 0 aliphatic carbocycles. The van der Waals surface area contributed by atoms with Crippen molar-refractivity contribution in [3.05, 3.63) is 41.4 Å². The maximum absolute atomic E-state index is 15.7. The average molecular weight is 688 g/mol. The van der Waals surface area contributed by atoms with Gasteiger partial charge in [0.1, 0.15) is 11.7 Å². The third-order valence-electron chi connectivity index (χ3n) is 8.26. The molecule has 0 spiro atoms. The molecular weight excluding hydrogens is 652 g/mol. The molecule has 0 saturated carbocycles. The summed E-state index contributed by atoms with van der Waals surface area (Å²) < 4.78 is 94.3. The Kier molecular flexibility index (Phi) is 10.3. The number of aryl methyl sites for hydroxylation is 1. The van der Waals surface area contributed by atoms with Crippen LogP contribution in [0.15, 0.2) is 28.9 Å². The highest BCUT2D eigenvalue weighted by atomic mass is 32.1. The molecule has 0 bridgehead atoms. The van der Waals surface area contributed by atoms with Crippen molar-refractivity contribution in [1.82, 2.24) is 30.1 Å². The molecule has 5 rings (SSSR count). The van der Waals surface area contributed by atoms with Crippen molar-refractivity contribution in [2.24, 2.45) is 7.05 Å². The van der Waals surface area contributed by atoms with E-state index in [9.17, 15) is 26.7 Å². The van der Waals surface area contributed by atoms with Crippen molar-refractivity contribution in [2.75, 3.05) is 19.0 Å². The highest BCUT2D eigenvalue weighted by molar-refractivity contribution is 7.23. The second-order valence-corrected chi connectivity index (χ2v) is 12.5. The predicted octanol–water partition coefficient (Wildman–Crippen LogP) is 6.37. The van der Waals surface area contributed by atoms with Crippen molar-refractivity contribution in [2.45, 2.75) is 83.0 Å². The lowest BCUT2D eigenvalue weighted by Crippen LogP contribution is -2.57. The number of ether oxygens (including phenoxy) is 1. The lowest BCUT2D eigenvalue weighted by molar-refractivity contribution is -0.126. The molecule has 1 amide bonds. The molecule has 47 heavy (non-hydrogen) atoms. The van der Waals surface area contributed by atoms with Crippen LogP contribution in [0.1, 0.15) is 54.9 Å². The number of hydrogen-bond donors (Lipinski definition) is 2. The van der Waals surface area contributed by atoms with Crippen LogP contribution in [0.3, 0.4) is 0 Å². The number of halogens is 6. The van der Waals surface area contributed by atoms with Gasteiger partial charge in [0.05, 0.1) is 34.3 Å². The number of thiophene rings is 1. The van der Waals surface area contributed by atoms with Gasteiger partial charge in [0, 0.05) is 25.3 Å². The van der Waals surface area contributed by atoms with E-state index in [2.05, 4.69) is 30.8 Å². The fourth-order valence-corrected chi connectivity index (χ4v) is 7.26. The molecule has 4 atom stereocenters. The number of aromatic nitrogens is 4. The van der Waals surface area contributed by atoms with Crippen molar-refractivity contribution in [1.29, 1.82) is 0 Å². The molecule has 4 unspecified atom stereocenters. The Hall–Kier alpha value is -3.86. The van der Waals surface area contributed by atoms with Crippen LogP contribution in [0.25, 0.3) is 20.8 Å². The first-order chi connectivity index (χ1) is 22.3. The van der Waals surface area contributed by atoms with E-state index in [0.717, 1.165) is 17.8 Å². The molecule has 4 heterocycles. The largest absolute Gasteiger partial charge is 0.470 e. The lowest BCUT2D eigenvalue weighted by atomic mass is 9.87. The maximum Gasteiger partial charge on any atom is 0.393 e. The second-order valence-electron chi connectivity index (χ2n) is 11.4. The summed E-state index contributed by atoms with van der Waals surface area (Å²) in [5.41, 5.74) is 0.355. The van der Waals surface area contributed by atoms with Crippen LogP contribution in [-0.2, 0) is 20.0 Å². The topological polar surface area (TPSA) is 110 Å². The van der Waals surface area contributed by atoms with E-state index in [1.165, 1.54) is 17.9 Å². The Morgan fingerprint density at radius 1 is 1.21 bits per heavy atom. The minimum Gasteiger partial charge on any atom is -0.470 e. The number of benzene rings is 1. The molecule has 10 nitrogen and oxygen atoms in total. The lowest BCUT2D eigenvalue weighted by Gasteiger charge is -2.45. The first-order valence-electron chi connectivity index (χ1n) is 15.1. The Bertz CT molecular complexity index is 1690. The number of amides is 1. The van der Waals surface area contributed by atoms with Gasteiger partial charge >= 0.3 is 6.18 Å².